The van der Waals surface area contributed by atoms with Crippen LogP contribution in [0.15, 0.2) is 53.1 Å². The van der Waals surface area contributed by atoms with Crippen molar-refractivity contribution in [2.24, 2.45) is 0 Å². The molecule has 2 heterocycles. The van der Waals surface area contributed by atoms with Crippen LogP contribution in [0.4, 0.5) is 5.69 Å². The Kier molecular flexibility index (Phi) is 5.10. The number of aromatic nitrogens is 2. The second kappa shape index (κ2) is 7.84. The van der Waals surface area contributed by atoms with E-state index < -0.39 is 0 Å². The minimum absolute atomic E-state index is 0.0790. The predicted molar refractivity (Wildman–Crippen MR) is 106 cm³/mol. The van der Waals surface area contributed by atoms with Gasteiger partial charge in [-0.15, -0.1) is 0 Å². The van der Waals surface area contributed by atoms with Crippen LogP contribution in [0.5, 0.6) is 5.75 Å². The van der Waals surface area contributed by atoms with Gasteiger partial charge in [0.2, 0.25) is 5.91 Å². The van der Waals surface area contributed by atoms with Gasteiger partial charge < -0.3 is 14.2 Å². The molecule has 2 aromatic carbocycles. The molecule has 1 atom stereocenters. The van der Waals surface area contributed by atoms with E-state index in [-0.39, 0.29) is 11.8 Å². The zero-order chi connectivity index (χ0) is 19.5. The standard InChI is InChI=1S/C22H23N3O3/c1-3-15-9-11-17(12-10-15)25-14-16(13-20(25)26)21-23-22(28-24-21)18-7-5-6-8-19(18)27-4-2/h5-12,16H,3-4,13-14H2,1-2H3/t16-/m0/s1. The van der Waals surface area contributed by atoms with E-state index in [4.69, 9.17) is 9.26 Å². The summed E-state index contributed by atoms with van der Waals surface area (Å²) >= 11 is 0. The Labute approximate surface area is 164 Å². The number of benzene rings is 2. The number of carbonyl (C=O) groups excluding carboxylic acids is 1. The van der Waals surface area contributed by atoms with Crippen LogP contribution in [0.1, 0.15) is 37.6 Å². The van der Waals surface area contributed by atoms with Crippen molar-refractivity contribution < 1.29 is 14.1 Å². The maximum Gasteiger partial charge on any atom is 0.261 e. The SMILES string of the molecule is CCOc1ccccc1-c1nc([C@H]2CC(=O)N(c3ccc(CC)cc3)C2)no1. The Morgan fingerprint density at radius 3 is 2.68 bits per heavy atom. The molecule has 0 radical (unpaired) electrons. The summed E-state index contributed by atoms with van der Waals surface area (Å²) in [4.78, 5) is 18.9. The van der Waals surface area contributed by atoms with E-state index in [1.807, 2.05) is 43.3 Å². The molecule has 0 aliphatic carbocycles. The summed E-state index contributed by atoms with van der Waals surface area (Å²) in [5.74, 6) is 1.67. The fourth-order valence-electron chi connectivity index (χ4n) is 3.48. The fraction of sp³-hybridized carbons (Fsp3) is 0.318. The molecule has 0 bridgehead atoms. The Morgan fingerprint density at radius 2 is 1.93 bits per heavy atom. The van der Waals surface area contributed by atoms with Crippen molar-refractivity contribution in [2.75, 3.05) is 18.1 Å². The molecule has 3 aromatic rings. The minimum atomic E-state index is -0.0879. The molecule has 1 aliphatic heterocycles. The van der Waals surface area contributed by atoms with Crippen molar-refractivity contribution in [3.05, 3.63) is 59.9 Å². The number of amides is 1. The van der Waals surface area contributed by atoms with Crippen LogP contribution in [0.25, 0.3) is 11.5 Å². The highest BCUT2D eigenvalue weighted by Gasteiger charge is 2.34. The molecule has 6 heteroatoms. The Bertz CT molecular complexity index is 965. The minimum Gasteiger partial charge on any atom is -0.493 e. The molecule has 28 heavy (non-hydrogen) atoms. The number of anilines is 1. The average Bonchev–Trinajstić information content (AvgIpc) is 3.36. The molecule has 0 spiro atoms. The van der Waals surface area contributed by atoms with Crippen molar-refractivity contribution in [2.45, 2.75) is 32.6 Å². The van der Waals surface area contributed by atoms with Gasteiger partial charge in [-0.05, 0) is 43.2 Å². The smallest absolute Gasteiger partial charge is 0.261 e. The lowest BCUT2D eigenvalue weighted by Crippen LogP contribution is -2.24. The zero-order valence-corrected chi connectivity index (χ0v) is 16.1. The van der Waals surface area contributed by atoms with Crippen molar-refractivity contribution >= 4 is 11.6 Å². The van der Waals surface area contributed by atoms with Gasteiger partial charge in [-0.1, -0.05) is 36.3 Å². The first kappa shape index (κ1) is 18.2. The summed E-state index contributed by atoms with van der Waals surface area (Å²) in [6.07, 6.45) is 1.35. The van der Waals surface area contributed by atoms with Gasteiger partial charge in [-0.3, -0.25) is 4.79 Å². The summed E-state index contributed by atoms with van der Waals surface area (Å²) in [6.45, 7) is 5.16. The Balaban J connectivity index is 1.54. The largest absolute Gasteiger partial charge is 0.493 e. The highest BCUT2D eigenvalue weighted by molar-refractivity contribution is 5.96. The molecular formula is C22H23N3O3. The van der Waals surface area contributed by atoms with Crippen LogP contribution in [0.2, 0.25) is 0 Å². The van der Waals surface area contributed by atoms with Crippen molar-refractivity contribution in [1.29, 1.82) is 0 Å². The topological polar surface area (TPSA) is 68.5 Å². The summed E-state index contributed by atoms with van der Waals surface area (Å²) in [7, 11) is 0. The third-order valence-corrected chi connectivity index (χ3v) is 5.01. The molecule has 4 rings (SSSR count). The van der Waals surface area contributed by atoms with Gasteiger partial charge in [0.05, 0.1) is 12.2 Å². The summed E-state index contributed by atoms with van der Waals surface area (Å²) in [5.41, 5.74) is 2.93. The lowest BCUT2D eigenvalue weighted by molar-refractivity contribution is -0.117. The summed E-state index contributed by atoms with van der Waals surface area (Å²) in [5, 5.41) is 4.15. The van der Waals surface area contributed by atoms with Crippen LogP contribution >= 0.6 is 0 Å². The van der Waals surface area contributed by atoms with E-state index >= 15 is 0 Å². The number of nitrogens with zero attached hydrogens (tertiary/aromatic N) is 3. The molecule has 144 valence electrons. The van der Waals surface area contributed by atoms with E-state index in [2.05, 4.69) is 29.2 Å². The fourth-order valence-corrected chi connectivity index (χ4v) is 3.48. The van der Waals surface area contributed by atoms with Crippen molar-refractivity contribution in [3.63, 3.8) is 0 Å². The number of para-hydroxylation sites is 1. The molecule has 0 saturated carbocycles. The first-order chi connectivity index (χ1) is 13.7. The Morgan fingerprint density at radius 1 is 1.14 bits per heavy atom. The van der Waals surface area contributed by atoms with Crippen LogP contribution in [0, 0.1) is 0 Å². The van der Waals surface area contributed by atoms with E-state index in [0.29, 0.717) is 37.0 Å². The van der Waals surface area contributed by atoms with Crippen LogP contribution < -0.4 is 9.64 Å². The number of ether oxygens (including phenoxy) is 1. The second-order valence-corrected chi connectivity index (χ2v) is 6.81. The monoisotopic (exact) mass is 377 g/mol. The van der Waals surface area contributed by atoms with Gasteiger partial charge in [0.15, 0.2) is 5.82 Å². The summed E-state index contributed by atoms with van der Waals surface area (Å²) < 4.78 is 11.1. The van der Waals surface area contributed by atoms with Crippen molar-refractivity contribution in [1.82, 2.24) is 10.1 Å². The van der Waals surface area contributed by atoms with Crippen LogP contribution in [-0.2, 0) is 11.2 Å². The van der Waals surface area contributed by atoms with Crippen LogP contribution in [0.3, 0.4) is 0 Å². The molecule has 1 aliphatic rings. The molecule has 1 fully saturated rings. The molecule has 6 nitrogen and oxygen atoms in total. The number of aryl methyl sites for hydroxylation is 1. The van der Waals surface area contributed by atoms with Gasteiger partial charge in [0, 0.05) is 24.6 Å². The quantitative estimate of drug-likeness (QED) is 0.643. The third-order valence-electron chi connectivity index (χ3n) is 5.01. The number of hydrogen-bond acceptors (Lipinski definition) is 5. The van der Waals surface area contributed by atoms with Crippen molar-refractivity contribution in [3.8, 4) is 17.2 Å². The second-order valence-electron chi connectivity index (χ2n) is 6.81. The molecular weight excluding hydrogens is 354 g/mol. The lowest BCUT2D eigenvalue weighted by Gasteiger charge is -2.16. The van der Waals surface area contributed by atoms with E-state index in [0.717, 1.165) is 17.7 Å². The van der Waals surface area contributed by atoms with Gasteiger partial charge in [0.25, 0.3) is 5.89 Å². The maximum atomic E-state index is 12.5. The van der Waals surface area contributed by atoms with E-state index in [1.165, 1.54) is 5.56 Å². The molecule has 1 saturated heterocycles. The number of rotatable bonds is 6. The zero-order valence-electron chi connectivity index (χ0n) is 16.1. The molecule has 1 aromatic heterocycles. The number of carbonyl (C=O) groups is 1. The van der Waals surface area contributed by atoms with Crippen LogP contribution in [-0.4, -0.2) is 29.2 Å². The normalized spacial score (nSPS) is 16.6. The predicted octanol–water partition coefficient (Wildman–Crippen LogP) is 4.22. The third kappa shape index (κ3) is 3.50. The summed E-state index contributed by atoms with van der Waals surface area (Å²) in [6, 6.07) is 15.7. The first-order valence-corrected chi connectivity index (χ1v) is 9.64. The maximum absolute atomic E-state index is 12.5. The van der Waals surface area contributed by atoms with Gasteiger partial charge in [0.1, 0.15) is 5.75 Å². The highest BCUT2D eigenvalue weighted by atomic mass is 16.5. The number of hydrogen-bond donors (Lipinski definition) is 0. The van der Waals surface area contributed by atoms with E-state index in [9.17, 15) is 4.79 Å². The molecule has 0 N–H and O–H groups in total. The van der Waals surface area contributed by atoms with Gasteiger partial charge in [-0.25, -0.2) is 0 Å². The molecule has 1 amide bonds. The van der Waals surface area contributed by atoms with Gasteiger partial charge in [-0.2, -0.15) is 4.98 Å². The van der Waals surface area contributed by atoms with Gasteiger partial charge >= 0.3 is 0 Å². The highest BCUT2D eigenvalue weighted by Crippen LogP contribution is 2.33. The first-order valence-electron chi connectivity index (χ1n) is 9.64. The lowest BCUT2D eigenvalue weighted by atomic mass is 10.1. The molecule has 0 unspecified atom stereocenters. The van der Waals surface area contributed by atoms with E-state index in [1.54, 1.807) is 4.90 Å². The average molecular weight is 377 g/mol. The Hall–Kier alpha value is -3.15.